The minimum Gasteiger partial charge on any atom is -0.477 e. The third kappa shape index (κ3) is 4.92. The largest absolute Gasteiger partial charge is 0.477 e. The summed E-state index contributed by atoms with van der Waals surface area (Å²) in [6.45, 7) is 2.52. The number of nitrogens with one attached hydrogen (secondary N) is 2. The van der Waals surface area contributed by atoms with Gasteiger partial charge in [0.2, 0.25) is 5.91 Å². The topological polar surface area (TPSA) is 101 Å². The lowest BCUT2D eigenvalue weighted by Gasteiger charge is -2.14. The van der Waals surface area contributed by atoms with Gasteiger partial charge in [-0.1, -0.05) is 6.07 Å². The second-order valence-corrected chi connectivity index (χ2v) is 3.86. The van der Waals surface area contributed by atoms with Gasteiger partial charge in [0.15, 0.2) is 5.69 Å². The highest BCUT2D eigenvalue weighted by Crippen LogP contribution is 2.06. The van der Waals surface area contributed by atoms with Crippen LogP contribution < -0.4 is 10.6 Å². The number of carboxylic acids is 1. The Hall–Kier alpha value is -2.15. The molecule has 3 N–H and O–H groups in total. The number of pyridine rings is 1. The fourth-order valence-electron chi connectivity index (χ4n) is 1.35. The highest BCUT2D eigenvalue weighted by molar-refractivity contribution is 5.86. The summed E-state index contributed by atoms with van der Waals surface area (Å²) >= 11 is 0. The first-order valence-electron chi connectivity index (χ1n) is 5.78. The molecule has 19 heavy (non-hydrogen) atoms. The van der Waals surface area contributed by atoms with E-state index in [0.29, 0.717) is 19.0 Å². The minimum absolute atomic E-state index is 0.0722. The Morgan fingerprint density at radius 3 is 2.84 bits per heavy atom. The van der Waals surface area contributed by atoms with E-state index in [2.05, 4.69) is 15.6 Å². The average Bonchev–Trinajstić information content (AvgIpc) is 2.39. The number of amides is 1. The van der Waals surface area contributed by atoms with E-state index in [-0.39, 0.29) is 11.6 Å². The minimum atomic E-state index is -1.11. The van der Waals surface area contributed by atoms with Gasteiger partial charge in [0.05, 0.1) is 6.61 Å². The van der Waals surface area contributed by atoms with Gasteiger partial charge in [-0.05, 0) is 19.1 Å². The molecule has 0 aliphatic carbocycles. The fraction of sp³-hybridized carbons (Fsp3) is 0.417. The van der Waals surface area contributed by atoms with Crippen LogP contribution in [0.2, 0.25) is 0 Å². The standard InChI is InChI=1S/C12H17N3O4/c1-8(11(16)13-6-7-19-2)14-10-5-3-4-9(15-10)12(17)18/h3-5,8H,6-7H2,1-2H3,(H,13,16)(H,14,15)(H,17,18). The van der Waals surface area contributed by atoms with Gasteiger partial charge in [0.25, 0.3) is 0 Å². The lowest BCUT2D eigenvalue weighted by Crippen LogP contribution is -2.39. The molecule has 0 fully saturated rings. The number of carboxylic acid groups (broad SMARTS) is 1. The molecule has 0 saturated carbocycles. The molecule has 104 valence electrons. The third-order valence-corrected chi connectivity index (χ3v) is 2.33. The number of aromatic nitrogens is 1. The van der Waals surface area contributed by atoms with E-state index in [9.17, 15) is 9.59 Å². The SMILES string of the molecule is COCCNC(=O)C(C)Nc1cccc(C(=O)O)n1. The van der Waals surface area contributed by atoms with Crippen LogP contribution in [0.15, 0.2) is 18.2 Å². The van der Waals surface area contributed by atoms with Crippen molar-refractivity contribution in [3.8, 4) is 0 Å². The molecule has 1 rings (SSSR count). The highest BCUT2D eigenvalue weighted by Gasteiger charge is 2.13. The van der Waals surface area contributed by atoms with E-state index in [4.69, 9.17) is 9.84 Å². The molecule has 7 heteroatoms. The van der Waals surface area contributed by atoms with E-state index in [0.717, 1.165) is 0 Å². The second kappa shape index (κ2) is 7.32. The Bertz CT molecular complexity index is 450. The summed E-state index contributed by atoms with van der Waals surface area (Å²) in [5.74, 6) is -0.977. The summed E-state index contributed by atoms with van der Waals surface area (Å²) in [5.41, 5.74) is -0.0722. The molecule has 0 aliphatic heterocycles. The van der Waals surface area contributed by atoms with Crippen molar-refractivity contribution in [1.29, 1.82) is 0 Å². The number of carbonyl (C=O) groups excluding carboxylic acids is 1. The van der Waals surface area contributed by atoms with Gasteiger partial charge in [-0.25, -0.2) is 9.78 Å². The van der Waals surface area contributed by atoms with Crippen molar-refractivity contribution in [2.24, 2.45) is 0 Å². The van der Waals surface area contributed by atoms with E-state index < -0.39 is 12.0 Å². The predicted molar refractivity (Wildman–Crippen MR) is 69.2 cm³/mol. The second-order valence-electron chi connectivity index (χ2n) is 3.86. The van der Waals surface area contributed by atoms with Crippen LogP contribution >= 0.6 is 0 Å². The Balaban J connectivity index is 2.56. The number of carbonyl (C=O) groups is 2. The smallest absolute Gasteiger partial charge is 0.354 e. The molecular weight excluding hydrogens is 250 g/mol. The molecular formula is C12H17N3O4. The zero-order valence-corrected chi connectivity index (χ0v) is 10.8. The maximum Gasteiger partial charge on any atom is 0.354 e. The molecule has 1 unspecified atom stereocenters. The number of methoxy groups -OCH3 is 1. The molecule has 0 aliphatic rings. The van der Waals surface area contributed by atoms with Gasteiger partial charge < -0.3 is 20.5 Å². The summed E-state index contributed by atoms with van der Waals surface area (Å²) in [7, 11) is 1.55. The molecule has 1 amide bonds. The number of aromatic carboxylic acids is 1. The van der Waals surface area contributed by atoms with Crippen LogP contribution in [0.3, 0.4) is 0 Å². The van der Waals surface area contributed by atoms with Gasteiger partial charge in [0, 0.05) is 13.7 Å². The summed E-state index contributed by atoms with van der Waals surface area (Å²) in [5, 5.41) is 14.3. The molecule has 1 aromatic rings. The summed E-state index contributed by atoms with van der Waals surface area (Å²) < 4.78 is 4.82. The molecule has 0 saturated heterocycles. The van der Waals surface area contributed by atoms with Crippen molar-refractivity contribution in [2.45, 2.75) is 13.0 Å². The maximum atomic E-state index is 11.7. The summed E-state index contributed by atoms with van der Waals surface area (Å²) in [6, 6.07) is 4.03. The fourth-order valence-corrected chi connectivity index (χ4v) is 1.35. The first-order chi connectivity index (χ1) is 9.04. The molecule has 1 aromatic heterocycles. The van der Waals surface area contributed by atoms with E-state index in [1.165, 1.54) is 6.07 Å². The Labute approximate surface area is 111 Å². The van der Waals surface area contributed by atoms with Gasteiger partial charge >= 0.3 is 5.97 Å². The Morgan fingerprint density at radius 1 is 1.47 bits per heavy atom. The number of hydrogen-bond donors (Lipinski definition) is 3. The summed E-state index contributed by atoms with van der Waals surface area (Å²) in [6.07, 6.45) is 0. The van der Waals surface area contributed by atoms with Crippen LogP contribution in [-0.2, 0) is 9.53 Å². The normalized spacial score (nSPS) is 11.7. The van der Waals surface area contributed by atoms with Crippen molar-refractivity contribution < 1.29 is 19.4 Å². The molecule has 0 aromatic carbocycles. The van der Waals surface area contributed by atoms with Gasteiger partial charge in [-0.15, -0.1) is 0 Å². The molecule has 0 radical (unpaired) electrons. The van der Waals surface area contributed by atoms with Gasteiger partial charge in [-0.2, -0.15) is 0 Å². The van der Waals surface area contributed by atoms with Crippen LogP contribution in [0.25, 0.3) is 0 Å². The number of nitrogens with zero attached hydrogens (tertiary/aromatic N) is 1. The molecule has 1 heterocycles. The Kier molecular flexibility index (Phi) is 5.74. The maximum absolute atomic E-state index is 11.7. The quantitative estimate of drug-likeness (QED) is 0.616. The monoisotopic (exact) mass is 267 g/mol. The van der Waals surface area contributed by atoms with Crippen LogP contribution in [-0.4, -0.2) is 48.3 Å². The van der Waals surface area contributed by atoms with Crippen LogP contribution in [0, 0.1) is 0 Å². The van der Waals surface area contributed by atoms with E-state index in [1.54, 1.807) is 26.2 Å². The van der Waals surface area contributed by atoms with E-state index >= 15 is 0 Å². The van der Waals surface area contributed by atoms with Crippen LogP contribution in [0.1, 0.15) is 17.4 Å². The van der Waals surface area contributed by atoms with Crippen molar-refractivity contribution in [3.63, 3.8) is 0 Å². The average molecular weight is 267 g/mol. The first-order valence-corrected chi connectivity index (χ1v) is 5.78. The molecule has 1 atom stereocenters. The molecule has 0 spiro atoms. The third-order valence-electron chi connectivity index (χ3n) is 2.33. The number of anilines is 1. The van der Waals surface area contributed by atoms with Crippen LogP contribution in [0.4, 0.5) is 5.82 Å². The zero-order chi connectivity index (χ0) is 14.3. The number of ether oxygens (including phenoxy) is 1. The van der Waals surface area contributed by atoms with E-state index in [1.807, 2.05) is 0 Å². The molecule has 7 nitrogen and oxygen atoms in total. The van der Waals surface area contributed by atoms with Gasteiger partial charge in [-0.3, -0.25) is 4.79 Å². The summed E-state index contributed by atoms with van der Waals surface area (Å²) in [4.78, 5) is 26.3. The predicted octanol–water partition coefficient (Wildman–Crippen LogP) is 0.343. The van der Waals surface area contributed by atoms with Crippen molar-refractivity contribution in [2.75, 3.05) is 25.6 Å². The number of hydrogen-bond acceptors (Lipinski definition) is 5. The van der Waals surface area contributed by atoms with Crippen molar-refractivity contribution >= 4 is 17.7 Å². The van der Waals surface area contributed by atoms with Gasteiger partial charge in [0.1, 0.15) is 11.9 Å². The van der Waals surface area contributed by atoms with Crippen molar-refractivity contribution in [3.05, 3.63) is 23.9 Å². The first kappa shape index (κ1) is 14.9. The van der Waals surface area contributed by atoms with Crippen molar-refractivity contribution in [1.82, 2.24) is 10.3 Å². The molecule has 0 bridgehead atoms. The lowest BCUT2D eigenvalue weighted by atomic mass is 10.3. The van der Waals surface area contributed by atoms with Crippen LogP contribution in [0.5, 0.6) is 0 Å². The lowest BCUT2D eigenvalue weighted by molar-refractivity contribution is -0.121. The highest BCUT2D eigenvalue weighted by atomic mass is 16.5. The Morgan fingerprint density at radius 2 is 2.21 bits per heavy atom. The zero-order valence-electron chi connectivity index (χ0n) is 10.8. The number of rotatable bonds is 7.